The highest BCUT2D eigenvalue weighted by Gasteiger charge is 2.48. The number of halogens is 1. The van der Waals surface area contributed by atoms with Gasteiger partial charge in [-0.15, -0.1) is 10.2 Å². The van der Waals surface area contributed by atoms with Crippen LogP contribution in [0.25, 0.3) is 5.76 Å². The summed E-state index contributed by atoms with van der Waals surface area (Å²) in [6.45, 7) is 0. The molecule has 1 aliphatic heterocycles. The van der Waals surface area contributed by atoms with Crippen molar-refractivity contribution in [1.29, 1.82) is 0 Å². The molecule has 1 unspecified atom stereocenters. The molecule has 4 aromatic rings. The van der Waals surface area contributed by atoms with E-state index in [1.165, 1.54) is 28.0 Å². The first kappa shape index (κ1) is 23.3. The molecular formula is C26H18ClN3O3S2. The van der Waals surface area contributed by atoms with Crippen molar-refractivity contribution < 1.29 is 14.7 Å². The normalized spacial score (nSPS) is 17.2. The van der Waals surface area contributed by atoms with Crippen LogP contribution in [0, 0.1) is 0 Å². The molecule has 1 atom stereocenters. The van der Waals surface area contributed by atoms with E-state index in [9.17, 15) is 14.7 Å². The zero-order valence-corrected chi connectivity index (χ0v) is 20.6. The minimum atomic E-state index is -0.841. The number of amides is 1. The van der Waals surface area contributed by atoms with Crippen molar-refractivity contribution in [3.63, 3.8) is 0 Å². The van der Waals surface area contributed by atoms with E-state index in [-0.39, 0.29) is 11.3 Å². The highest BCUT2D eigenvalue weighted by Crippen LogP contribution is 2.44. The smallest absolute Gasteiger partial charge is 0.301 e. The number of hydrogen-bond donors (Lipinski definition) is 1. The minimum absolute atomic E-state index is 0.00258. The lowest BCUT2D eigenvalue weighted by Crippen LogP contribution is -2.29. The average Bonchev–Trinajstić information content (AvgIpc) is 3.46. The van der Waals surface area contributed by atoms with Gasteiger partial charge in [0.1, 0.15) is 5.76 Å². The van der Waals surface area contributed by atoms with Crippen LogP contribution in [-0.2, 0) is 15.3 Å². The molecule has 1 N–H and O–H groups in total. The van der Waals surface area contributed by atoms with E-state index < -0.39 is 17.7 Å². The van der Waals surface area contributed by atoms with Crippen molar-refractivity contribution in [3.8, 4) is 0 Å². The van der Waals surface area contributed by atoms with Gasteiger partial charge >= 0.3 is 5.91 Å². The number of anilines is 1. The number of aliphatic hydroxyl groups is 1. The Balaban J connectivity index is 1.53. The molecule has 2 heterocycles. The standard InChI is InChI=1S/C26H18ClN3O3S2/c27-19-13-11-18(12-14-19)22(31)20-21(17-9-5-2-6-10-17)30(24(33)23(20)32)25-28-29-26(35-25)34-15-16-7-3-1-4-8-16/h1-14,21,31H,15H2/b22-20-. The fourth-order valence-corrected chi connectivity index (χ4v) is 5.77. The Hall–Kier alpha value is -3.46. The fourth-order valence-electron chi connectivity index (χ4n) is 3.82. The van der Waals surface area contributed by atoms with E-state index >= 15 is 0 Å². The van der Waals surface area contributed by atoms with Crippen LogP contribution in [0.1, 0.15) is 22.7 Å². The molecule has 5 rings (SSSR count). The molecule has 0 bridgehead atoms. The SMILES string of the molecule is O=C1C(=O)N(c2nnc(SCc3ccccc3)s2)C(c2ccccc2)/C1=C(/O)c1ccc(Cl)cc1. The van der Waals surface area contributed by atoms with Crippen LogP contribution in [0.15, 0.2) is 94.8 Å². The van der Waals surface area contributed by atoms with E-state index in [0.717, 1.165) is 5.56 Å². The number of aliphatic hydroxyl groups excluding tert-OH is 1. The van der Waals surface area contributed by atoms with Crippen molar-refractivity contribution >= 4 is 57.3 Å². The highest BCUT2D eigenvalue weighted by atomic mass is 35.5. The van der Waals surface area contributed by atoms with Gasteiger partial charge in [0.05, 0.1) is 11.6 Å². The van der Waals surface area contributed by atoms with E-state index in [4.69, 9.17) is 11.6 Å². The molecule has 1 fully saturated rings. The van der Waals surface area contributed by atoms with E-state index in [0.29, 0.717) is 31.4 Å². The van der Waals surface area contributed by atoms with Gasteiger partial charge in [-0.1, -0.05) is 95.4 Å². The molecule has 0 radical (unpaired) electrons. The number of hydrogen-bond acceptors (Lipinski definition) is 7. The lowest BCUT2D eigenvalue weighted by Gasteiger charge is -2.22. The van der Waals surface area contributed by atoms with Crippen molar-refractivity contribution in [1.82, 2.24) is 10.2 Å². The lowest BCUT2D eigenvalue weighted by atomic mass is 9.95. The molecule has 1 amide bonds. The van der Waals surface area contributed by atoms with Gasteiger partial charge in [0.25, 0.3) is 5.78 Å². The van der Waals surface area contributed by atoms with Gasteiger partial charge in [-0.3, -0.25) is 14.5 Å². The van der Waals surface area contributed by atoms with Crippen LogP contribution in [0.5, 0.6) is 0 Å². The van der Waals surface area contributed by atoms with E-state index in [2.05, 4.69) is 10.2 Å². The highest BCUT2D eigenvalue weighted by molar-refractivity contribution is 8.00. The Kier molecular flexibility index (Phi) is 6.68. The quantitative estimate of drug-likeness (QED) is 0.109. The van der Waals surface area contributed by atoms with Gasteiger partial charge in [0, 0.05) is 16.3 Å². The number of carbonyl (C=O) groups excluding carboxylic acids is 2. The molecule has 0 spiro atoms. The van der Waals surface area contributed by atoms with Gasteiger partial charge < -0.3 is 5.11 Å². The van der Waals surface area contributed by atoms with Crippen LogP contribution in [-0.4, -0.2) is 27.0 Å². The molecule has 1 aromatic heterocycles. The first-order valence-electron chi connectivity index (χ1n) is 10.6. The monoisotopic (exact) mass is 519 g/mol. The van der Waals surface area contributed by atoms with Gasteiger partial charge in [-0.2, -0.15) is 0 Å². The molecule has 6 nitrogen and oxygen atoms in total. The number of thioether (sulfide) groups is 1. The molecular weight excluding hydrogens is 502 g/mol. The number of aromatic nitrogens is 2. The largest absolute Gasteiger partial charge is 0.507 e. The summed E-state index contributed by atoms with van der Waals surface area (Å²) in [5.74, 6) is -1.10. The summed E-state index contributed by atoms with van der Waals surface area (Å²) in [6, 6.07) is 24.7. The zero-order chi connectivity index (χ0) is 24.4. The third-order valence-corrected chi connectivity index (χ3v) is 7.86. The van der Waals surface area contributed by atoms with Crippen molar-refractivity contribution in [3.05, 3.63) is 112 Å². The number of Topliss-reactive ketones (excluding diaryl/α,β-unsaturated/α-hetero) is 1. The Labute approximate surface area is 214 Å². The first-order valence-corrected chi connectivity index (χ1v) is 12.8. The number of nitrogens with zero attached hydrogens (tertiary/aromatic N) is 3. The summed E-state index contributed by atoms with van der Waals surface area (Å²) in [7, 11) is 0. The lowest BCUT2D eigenvalue weighted by molar-refractivity contribution is -0.132. The minimum Gasteiger partial charge on any atom is -0.507 e. The van der Waals surface area contributed by atoms with Crippen molar-refractivity contribution in [2.24, 2.45) is 0 Å². The van der Waals surface area contributed by atoms with Crippen molar-refractivity contribution in [2.45, 2.75) is 16.1 Å². The Bertz CT molecular complexity index is 1410. The zero-order valence-electron chi connectivity index (χ0n) is 18.2. The fraction of sp³-hybridized carbons (Fsp3) is 0.0769. The molecule has 0 aliphatic carbocycles. The maximum absolute atomic E-state index is 13.2. The summed E-state index contributed by atoms with van der Waals surface area (Å²) in [4.78, 5) is 27.7. The molecule has 0 saturated carbocycles. The molecule has 9 heteroatoms. The Morgan fingerprint density at radius 1 is 0.943 bits per heavy atom. The second-order valence-corrected chi connectivity index (χ2v) is 10.3. The number of rotatable bonds is 6. The third kappa shape index (κ3) is 4.73. The summed E-state index contributed by atoms with van der Waals surface area (Å²) in [5, 5.41) is 20.4. The van der Waals surface area contributed by atoms with Crippen LogP contribution >= 0.6 is 34.7 Å². The van der Waals surface area contributed by atoms with Gasteiger partial charge in [0.2, 0.25) is 5.13 Å². The van der Waals surface area contributed by atoms with Crippen LogP contribution in [0.3, 0.4) is 0 Å². The maximum atomic E-state index is 13.2. The number of ketones is 1. The Morgan fingerprint density at radius 3 is 2.29 bits per heavy atom. The van der Waals surface area contributed by atoms with Crippen molar-refractivity contribution in [2.75, 3.05) is 4.90 Å². The maximum Gasteiger partial charge on any atom is 0.301 e. The van der Waals surface area contributed by atoms with Crippen LogP contribution in [0.2, 0.25) is 5.02 Å². The third-order valence-electron chi connectivity index (χ3n) is 5.48. The van der Waals surface area contributed by atoms with E-state index in [1.54, 1.807) is 24.3 Å². The second kappa shape index (κ2) is 10.0. The molecule has 35 heavy (non-hydrogen) atoms. The van der Waals surface area contributed by atoms with Crippen LogP contribution < -0.4 is 4.90 Å². The van der Waals surface area contributed by atoms with Crippen LogP contribution in [0.4, 0.5) is 5.13 Å². The topological polar surface area (TPSA) is 83.4 Å². The molecule has 1 saturated heterocycles. The molecule has 174 valence electrons. The second-order valence-electron chi connectivity index (χ2n) is 7.71. The predicted molar refractivity (Wildman–Crippen MR) is 139 cm³/mol. The summed E-state index contributed by atoms with van der Waals surface area (Å²) >= 11 is 8.72. The Morgan fingerprint density at radius 2 is 1.60 bits per heavy atom. The van der Waals surface area contributed by atoms with Gasteiger partial charge in [-0.25, -0.2) is 0 Å². The van der Waals surface area contributed by atoms with Gasteiger partial charge in [0.15, 0.2) is 4.34 Å². The molecule has 1 aliphatic rings. The summed E-state index contributed by atoms with van der Waals surface area (Å²) in [6.07, 6.45) is 0. The van der Waals surface area contributed by atoms with Gasteiger partial charge in [-0.05, 0) is 35.4 Å². The van der Waals surface area contributed by atoms with E-state index in [1.807, 2.05) is 60.7 Å². The first-order chi connectivity index (χ1) is 17.0. The average molecular weight is 520 g/mol. The molecule has 3 aromatic carbocycles. The number of carbonyl (C=O) groups is 2. The number of benzene rings is 3. The summed E-state index contributed by atoms with van der Waals surface area (Å²) < 4.78 is 0.676. The predicted octanol–water partition coefficient (Wildman–Crippen LogP) is 6.11. The summed E-state index contributed by atoms with van der Waals surface area (Å²) in [5.41, 5.74) is 2.21.